The first-order valence-corrected chi connectivity index (χ1v) is 6.25. The van der Waals surface area contributed by atoms with Gasteiger partial charge in [-0.25, -0.2) is 4.79 Å². The molecule has 2 unspecified atom stereocenters. The Morgan fingerprint density at radius 2 is 2.00 bits per heavy atom. The zero-order valence-corrected chi connectivity index (χ0v) is 10.1. The number of benzene rings is 1. The van der Waals surface area contributed by atoms with E-state index in [9.17, 15) is 13.8 Å². The van der Waals surface area contributed by atoms with E-state index in [1.807, 2.05) is 0 Å². The fraction of sp³-hybridized carbons (Fsp3) is 0.273. The van der Waals surface area contributed by atoms with Gasteiger partial charge in [-0.1, -0.05) is 19.1 Å². The Kier molecular flexibility index (Phi) is 4.39. The van der Waals surface area contributed by atoms with Gasteiger partial charge < -0.3 is 10.8 Å². The first-order valence-electron chi connectivity index (χ1n) is 4.93. The lowest BCUT2D eigenvalue weighted by Crippen LogP contribution is -2.25. The maximum absolute atomic E-state index is 11.9. The quantitative estimate of drug-likeness (QED) is 0.805. The highest BCUT2D eigenvalue weighted by atomic mass is 32.2. The minimum Gasteiger partial charge on any atom is -0.478 e. The molecule has 6 heteroatoms. The van der Waals surface area contributed by atoms with Crippen LogP contribution in [0, 0.1) is 5.92 Å². The fourth-order valence-electron chi connectivity index (χ4n) is 1.24. The molecule has 0 fully saturated rings. The van der Waals surface area contributed by atoms with E-state index in [2.05, 4.69) is 0 Å². The van der Waals surface area contributed by atoms with Crippen LogP contribution in [-0.2, 0) is 15.6 Å². The Bertz CT molecular complexity index is 472. The average molecular weight is 255 g/mol. The SMILES string of the molecule is CC(CS(=O)c1ccccc1C(=O)O)C(N)=O. The van der Waals surface area contributed by atoms with Crippen molar-refractivity contribution >= 4 is 22.7 Å². The third kappa shape index (κ3) is 3.39. The molecule has 17 heavy (non-hydrogen) atoms. The molecule has 0 saturated carbocycles. The number of amides is 1. The van der Waals surface area contributed by atoms with E-state index in [0.29, 0.717) is 0 Å². The Morgan fingerprint density at radius 1 is 1.41 bits per heavy atom. The summed E-state index contributed by atoms with van der Waals surface area (Å²) in [4.78, 5) is 22.0. The standard InChI is InChI=1S/C11H13NO4S/c1-7(10(12)13)6-17(16)9-5-3-2-4-8(9)11(14)15/h2-5,7H,6H2,1H3,(H2,12,13)(H,14,15). The molecule has 0 spiro atoms. The zero-order valence-electron chi connectivity index (χ0n) is 9.25. The smallest absolute Gasteiger partial charge is 0.336 e. The van der Waals surface area contributed by atoms with Crippen molar-refractivity contribution in [2.24, 2.45) is 11.7 Å². The number of carboxylic acid groups (broad SMARTS) is 1. The molecule has 3 N–H and O–H groups in total. The predicted octanol–water partition coefficient (Wildman–Crippen LogP) is 0.614. The van der Waals surface area contributed by atoms with Crippen LogP contribution in [-0.4, -0.2) is 26.9 Å². The van der Waals surface area contributed by atoms with Crippen molar-refractivity contribution in [3.05, 3.63) is 29.8 Å². The molecule has 0 aromatic heterocycles. The molecule has 5 nitrogen and oxygen atoms in total. The van der Waals surface area contributed by atoms with Gasteiger partial charge in [0.2, 0.25) is 5.91 Å². The molecular formula is C11H13NO4S. The summed E-state index contributed by atoms with van der Waals surface area (Å²) < 4.78 is 11.9. The predicted molar refractivity (Wildman–Crippen MR) is 63.0 cm³/mol. The summed E-state index contributed by atoms with van der Waals surface area (Å²) in [7, 11) is -1.55. The second-order valence-electron chi connectivity index (χ2n) is 3.62. The van der Waals surface area contributed by atoms with Crippen molar-refractivity contribution in [3.8, 4) is 0 Å². The van der Waals surface area contributed by atoms with E-state index < -0.39 is 28.6 Å². The van der Waals surface area contributed by atoms with Crippen LogP contribution in [0.5, 0.6) is 0 Å². The number of primary amides is 1. The molecule has 1 aromatic rings. The fourth-order valence-corrected chi connectivity index (χ4v) is 2.67. The van der Waals surface area contributed by atoms with Crippen LogP contribution in [0.2, 0.25) is 0 Å². The molecule has 0 aliphatic carbocycles. The van der Waals surface area contributed by atoms with Crippen LogP contribution >= 0.6 is 0 Å². The normalized spacial score (nSPS) is 13.9. The first-order chi connectivity index (χ1) is 7.93. The Morgan fingerprint density at radius 3 is 2.53 bits per heavy atom. The highest BCUT2D eigenvalue weighted by molar-refractivity contribution is 7.85. The maximum Gasteiger partial charge on any atom is 0.336 e. The molecular weight excluding hydrogens is 242 g/mol. The number of carbonyl (C=O) groups excluding carboxylic acids is 1. The molecule has 0 radical (unpaired) electrons. The Labute approximate surface area is 101 Å². The van der Waals surface area contributed by atoms with Crippen molar-refractivity contribution in [2.45, 2.75) is 11.8 Å². The highest BCUT2D eigenvalue weighted by Gasteiger charge is 2.18. The van der Waals surface area contributed by atoms with E-state index in [1.165, 1.54) is 12.1 Å². The lowest BCUT2D eigenvalue weighted by atomic mass is 10.2. The largest absolute Gasteiger partial charge is 0.478 e. The van der Waals surface area contributed by atoms with Gasteiger partial charge in [0.05, 0.1) is 21.3 Å². The molecule has 0 aliphatic rings. The number of nitrogens with two attached hydrogens (primary N) is 1. The van der Waals surface area contributed by atoms with Crippen molar-refractivity contribution in [1.29, 1.82) is 0 Å². The second-order valence-corrected chi connectivity index (χ2v) is 5.08. The van der Waals surface area contributed by atoms with E-state index in [4.69, 9.17) is 10.8 Å². The van der Waals surface area contributed by atoms with Gasteiger partial charge in [0.15, 0.2) is 0 Å². The molecule has 1 amide bonds. The molecule has 1 rings (SSSR count). The summed E-state index contributed by atoms with van der Waals surface area (Å²) in [6.45, 7) is 1.56. The lowest BCUT2D eigenvalue weighted by molar-refractivity contribution is -0.120. The molecule has 2 atom stereocenters. The van der Waals surface area contributed by atoms with Crippen LogP contribution in [0.3, 0.4) is 0 Å². The molecule has 0 bridgehead atoms. The number of rotatable bonds is 5. The maximum atomic E-state index is 11.9. The minimum absolute atomic E-state index is 0.0116. The molecule has 0 aliphatic heterocycles. The summed E-state index contributed by atoms with van der Waals surface area (Å²) in [5.41, 5.74) is 5.06. The monoisotopic (exact) mass is 255 g/mol. The number of hydrogen-bond donors (Lipinski definition) is 2. The number of carbonyl (C=O) groups is 2. The van der Waals surface area contributed by atoms with Gasteiger partial charge in [-0.3, -0.25) is 9.00 Å². The van der Waals surface area contributed by atoms with E-state index in [-0.39, 0.29) is 16.2 Å². The Balaban J connectivity index is 2.97. The number of carboxylic acids is 1. The Hall–Kier alpha value is -1.69. The van der Waals surface area contributed by atoms with Crippen LogP contribution in [0.15, 0.2) is 29.2 Å². The van der Waals surface area contributed by atoms with Crippen molar-refractivity contribution < 1.29 is 18.9 Å². The highest BCUT2D eigenvalue weighted by Crippen LogP contribution is 2.15. The molecule has 0 saturated heterocycles. The third-order valence-electron chi connectivity index (χ3n) is 2.25. The summed E-state index contributed by atoms with van der Waals surface area (Å²) in [6, 6.07) is 6.02. The van der Waals surface area contributed by atoms with E-state index in [1.54, 1.807) is 19.1 Å². The topological polar surface area (TPSA) is 97.5 Å². The van der Waals surface area contributed by atoms with Crippen LogP contribution in [0.1, 0.15) is 17.3 Å². The van der Waals surface area contributed by atoms with Crippen molar-refractivity contribution in [1.82, 2.24) is 0 Å². The zero-order chi connectivity index (χ0) is 13.0. The van der Waals surface area contributed by atoms with Crippen LogP contribution in [0.4, 0.5) is 0 Å². The minimum atomic E-state index is -1.55. The van der Waals surface area contributed by atoms with Crippen LogP contribution in [0.25, 0.3) is 0 Å². The second kappa shape index (κ2) is 5.58. The molecule has 1 aromatic carbocycles. The molecule has 0 heterocycles. The van der Waals surface area contributed by atoms with Gasteiger partial charge in [-0.15, -0.1) is 0 Å². The van der Waals surface area contributed by atoms with E-state index >= 15 is 0 Å². The summed E-state index contributed by atoms with van der Waals surface area (Å²) in [6.07, 6.45) is 0. The summed E-state index contributed by atoms with van der Waals surface area (Å²) in [5.74, 6) is -2.22. The van der Waals surface area contributed by atoms with Gasteiger partial charge in [-0.2, -0.15) is 0 Å². The van der Waals surface area contributed by atoms with Gasteiger partial charge in [-0.05, 0) is 12.1 Å². The van der Waals surface area contributed by atoms with Crippen LogP contribution < -0.4 is 5.73 Å². The first kappa shape index (κ1) is 13.4. The molecule has 92 valence electrons. The van der Waals surface area contributed by atoms with Gasteiger partial charge >= 0.3 is 5.97 Å². The van der Waals surface area contributed by atoms with E-state index in [0.717, 1.165) is 0 Å². The average Bonchev–Trinajstić information content (AvgIpc) is 2.28. The lowest BCUT2D eigenvalue weighted by Gasteiger charge is -2.09. The van der Waals surface area contributed by atoms with Crippen molar-refractivity contribution in [3.63, 3.8) is 0 Å². The van der Waals surface area contributed by atoms with Gasteiger partial charge in [0, 0.05) is 11.7 Å². The summed E-state index contributed by atoms with van der Waals surface area (Å²) >= 11 is 0. The number of aromatic carboxylic acids is 1. The van der Waals surface area contributed by atoms with Gasteiger partial charge in [0.1, 0.15) is 0 Å². The van der Waals surface area contributed by atoms with Gasteiger partial charge in [0.25, 0.3) is 0 Å². The third-order valence-corrected chi connectivity index (χ3v) is 3.90. The number of hydrogen-bond acceptors (Lipinski definition) is 3. The summed E-state index contributed by atoms with van der Waals surface area (Å²) in [5, 5.41) is 8.93. The van der Waals surface area contributed by atoms with Crippen molar-refractivity contribution in [2.75, 3.05) is 5.75 Å².